The van der Waals surface area contributed by atoms with Crippen molar-refractivity contribution in [2.45, 2.75) is 58.5 Å². The van der Waals surface area contributed by atoms with E-state index >= 15 is 0 Å². The average molecular weight is 270 g/mol. The van der Waals surface area contributed by atoms with Gasteiger partial charge in [-0.2, -0.15) is 0 Å². The third kappa shape index (κ3) is 6.92. The van der Waals surface area contributed by atoms with Crippen LogP contribution in [0.2, 0.25) is 0 Å². The van der Waals surface area contributed by atoms with Crippen LogP contribution in [0.25, 0.3) is 0 Å². The molecule has 0 radical (unpaired) electrons. The predicted octanol–water partition coefficient (Wildman–Crippen LogP) is 2.18. The fourth-order valence-corrected chi connectivity index (χ4v) is 2.36. The zero-order valence-corrected chi connectivity index (χ0v) is 12.6. The fourth-order valence-electron chi connectivity index (χ4n) is 2.36. The second-order valence-electron chi connectivity index (χ2n) is 5.36. The van der Waals surface area contributed by atoms with Crippen LogP contribution in [0.4, 0.5) is 0 Å². The molecule has 0 aromatic carbocycles. The Kier molecular flexibility index (Phi) is 8.84. The van der Waals surface area contributed by atoms with E-state index in [0.29, 0.717) is 6.61 Å². The molecule has 4 heteroatoms. The van der Waals surface area contributed by atoms with Gasteiger partial charge in [-0.15, -0.1) is 0 Å². The summed E-state index contributed by atoms with van der Waals surface area (Å²) in [7, 11) is 0. The molecule has 1 heterocycles. The van der Waals surface area contributed by atoms with E-state index in [1.54, 1.807) is 0 Å². The van der Waals surface area contributed by atoms with Crippen molar-refractivity contribution in [3.05, 3.63) is 0 Å². The van der Waals surface area contributed by atoms with Crippen molar-refractivity contribution in [3.63, 3.8) is 0 Å². The summed E-state index contributed by atoms with van der Waals surface area (Å²) in [4.78, 5) is 14.0. The van der Waals surface area contributed by atoms with Gasteiger partial charge in [-0.25, -0.2) is 0 Å². The van der Waals surface area contributed by atoms with E-state index in [0.717, 1.165) is 32.6 Å². The highest BCUT2D eigenvalue weighted by molar-refractivity contribution is 5.80. The Hall–Kier alpha value is -0.610. The van der Waals surface area contributed by atoms with Gasteiger partial charge in [-0.05, 0) is 13.3 Å². The molecule has 112 valence electrons. The summed E-state index contributed by atoms with van der Waals surface area (Å²) < 4.78 is 5.65. The number of piperazine rings is 1. The maximum Gasteiger partial charge on any atom is 0.251 e. The molecule has 0 saturated carbocycles. The normalized spacial score (nSPS) is 17.5. The molecule has 1 unspecified atom stereocenters. The highest BCUT2D eigenvalue weighted by Gasteiger charge is 2.22. The van der Waals surface area contributed by atoms with Crippen molar-refractivity contribution in [1.29, 1.82) is 0 Å². The molecule has 4 nitrogen and oxygen atoms in total. The first-order chi connectivity index (χ1) is 9.25. The van der Waals surface area contributed by atoms with Crippen molar-refractivity contribution in [1.82, 2.24) is 10.2 Å². The van der Waals surface area contributed by atoms with Gasteiger partial charge in [0.15, 0.2) is 0 Å². The van der Waals surface area contributed by atoms with Gasteiger partial charge in [-0.3, -0.25) is 4.79 Å². The number of hydrogen-bond donors (Lipinski definition) is 1. The number of carbonyl (C=O) groups is 1. The minimum atomic E-state index is -0.284. The van der Waals surface area contributed by atoms with Crippen LogP contribution in [-0.4, -0.2) is 49.7 Å². The van der Waals surface area contributed by atoms with Crippen LogP contribution in [0, 0.1) is 0 Å². The zero-order chi connectivity index (χ0) is 13.9. The second-order valence-corrected chi connectivity index (χ2v) is 5.36. The van der Waals surface area contributed by atoms with Crippen molar-refractivity contribution in [2.75, 3.05) is 32.8 Å². The molecule has 1 aliphatic heterocycles. The van der Waals surface area contributed by atoms with Crippen LogP contribution in [0.1, 0.15) is 52.4 Å². The van der Waals surface area contributed by atoms with Gasteiger partial charge < -0.3 is 15.0 Å². The number of nitrogens with one attached hydrogen (secondary N) is 1. The topological polar surface area (TPSA) is 41.6 Å². The van der Waals surface area contributed by atoms with Crippen molar-refractivity contribution in [2.24, 2.45) is 0 Å². The Bertz CT molecular complexity index is 240. The van der Waals surface area contributed by atoms with Crippen LogP contribution in [-0.2, 0) is 9.53 Å². The van der Waals surface area contributed by atoms with Gasteiger partial charge in [0.1, 0.15) is 6.10 Å². The summed E-state index contributed by atoms with van der Waals surface area (Å²) in [6.45, 7) is 8.23. The molecule has 1 amide bonds. The van der Waals surface area contributed by atoms with Crippen LogP contribution in [0.15, 0.2) is 0 Å². The Morgan fingerprint density at radius 1 is 1.16 bits per heavy atom. The Balaban J connectivity index is 2.03. The highest BCUT2D eigenvalue weighted by Crippen LogP contribution is 2.07. The monoisotopic (exact) mass is 270 g/mol. The van der Waals surface area contributed by atoms with E-state index in [9.17, 15) is 4.79 Å². The standard InChI is InChI=1S/C15H30N2O2/c1-3-4-5-6-7-8-13-19-14(2)15(18)17-11-9-16-10-12-17/h14,16H,3-13H2,1-2H3. The molecule has 0 aliphatic carbocycles. The maximum absolute atomic E-state index is 12.1. The summed E-state index contributed by atoms with van der Waals surface area (Å²) in [5.74, 6) is 0.146. The highest BCUT2D eigenvalue weighted by atomic mass is 16.5. The van der Waals surface area contributed by atoms with Gasteiger partial charge in [0, 0.05) is 32.8 Å². The lowest BCUT2D eigenvalue weighted by atomic mass is 10.1. The molecule has 0 aromatic heterocycles. The largest absolute Gasteiger partial charge is 0.369 e. The molecule has 1 rings (SSSR count). The lowest BCUT2D eigenvalue weighted by Gasteiger charge is -2.29. The first-order valence-corrected chi connectivity index (χ1v) is 7.86. The molecule has 0 spiro atoms. The van der Waals surface area contributed by atoms with E-state index in [2.05, 4.69) is 12.2 Å². The molecule has 1 aliphatic rings. The molecular weight excluding hydrogens is 240 g/mol. The number of hydrogen-bond acceptors (Lipinski definition) is 3. The fraction of sp³-hybridized carbons (Fsp3) is 0.933. The Morgan fingerprint density at radius 2 is 1.79 bits per heavy atom. The van der Waals surface area contributed by atoms with E-state index in [-0.39, 0.29) is 12.0 Å². The zero-order valence-electron chi connectivity index (χ0n) is 12.6. The summed E-state index contributed by atoms with van der Waals surface area (Å²) in [6, 6.07) is 0. The van der Waals surface area contributed by atoms with Gasteiger partial charge in [0.2, 0.25) is 0 Å². The molecule has 1 atom stereocenters. The molecule has 1 N–H and O–H groups in total. The molecule has 1 fully saturated rings. The third-order valence-electron chi connectivity index (χ3n) is 3.64. The van der Waals surface area contributed by atoms with Gasteiger partial charge in [-0.1, -0.05) is 39.0 Å². The van der Waals surface area contributed by atoms with E-state index < -0.39 is 0 Å². The molecule has 19 heavy (non-hydrogen) atoms. The summed E-state index contributed by atoms with van der Waals surface area (Å²) in [6.07, 6.45) is 7.24. The summed E-state index contributed by atoms with van der Waals surface area (Å²) in [5, 5.41) is 3.25. The summed E-state index contributed by atoms with van der Waals surface area (Å²) >= 11 is 0. The van der Waals surface area contributed by atoms with Crippen molar-refractivity contribution < 1.29 is 9.53 Å². The van der Waals surface area contributed by atoms with E-state index in [1.165, 1.54) is 32.1 Å². The minimum Gasteiger partial charge on any atom is -0.369 e. The van der Waals surface area contributed by atoms with Gasteiger partial charge in [0.25, 0.3) is 5.91 Å². The Labute approximate surface area is 117 Å². The van der Waals surface area contributed by atoms with Gasteiger partial charge in [0.05, 0.1) is 0 Å². The molecular formula is C15H30N2O2. The second kappa shape index (κ2) is 10.2. The van der Waals surface area contributed by atoms with E-state index in [1.807, 2.05) is 11.8 Å². The van der Waals surface area contributed by atoms with E-state index in [4.69, 9.17) is 4.74 Å². The Morgan fingerprint density at radius 3 is 2.47 bits per heavy atom. The van der Waals surface area contributed by atoms with Gasteiger partial charge >= 0.3 is 0 Å². The smallest absolute Gasteiger partial charge is 0.251 e. The van der Waals surface area contributed by atoms with Crippen LogP contribution >= 0.6 is 0 Å². The maximum atomic E-state index is 12.1. The predicted molar refractivity (Wildman–Crippen MR) is 78.2 cm³/mol. The average Bonchev–Trinajstić information content (AvgIpc) is 2.46. The van der Waals surface area contributed by atoms with Crippen LogP contribution in [0.5, 0.6) is 0 Å². The SMILES string of the molecule is CCCCCCCCOC(C)C(=O)N1CCNCC1. The lowest BCUT2D eigenvalue weighted by Crippen LogP contribution is -2.49. The van der Waals surface area contributed by atoms with Crippen molar-refractivity contribution in [3.8, 4) is 0 Å². The number of ether oxygens (including phenoxy) is 1. The van der Waals surface area contributed by atoms with Crippen LogP contribution < -0.4 is 5.32 Å². The first-order valence-electron chi connectivity index (χ1n) is 7.86. The quantitative estimate of drug-likeness (QED) is 0.653. The number of nitrogens with zero attached hydrogens (tertiary/aromatic N) is 1. The lowest BCUT2D eigenvalue weighted by molar-refractivity contribution is -0.143. The number of unbranched alkanes of at least 4 members (excludes halogenated alkanes) is 5. The molecule has 0 aromatic rings. The minimum absolute atomic E-state index is 0.146. The number of rotatable bonds is 9. The summed E-state index contributed by atoms with van der Waals surface area (Å²) in [5.41, 5.74) is 0. The van der Waals surface area contributed by atoms with Crippen molar-refractivity contribution >= 4 is 5.91 Å². The first kappa shape index (κ1) is 16.4. The number of amides is 1. The van der Waals surface area contributed by atoms with Crippen LogP contribution in [0.3, 0.4) is 0 Å². The molecule has 1 saturated heterocycles. The molecule has 0 bridgehead atoms. The third-order valence-corrected chi connectivity index (χ3v) is 3.64. The number of carbonyl (C=O) groups excluding carboxylic acids is 1.